The van der Waals surface area contributed by atoms with Gasteiger partial charge in [-0.2, -0.15) is 0 Å². The van der Waals surface area contributed by atoms with E-state index in [9.17, 15) is 4.79 Å². The van der Waals surface area contributed by atoms with E-state index < -0.39 is 0 Å². The molecule has 2 saturated heterocycles. The van der Waals surface area contributed by atoms with Crippen LogP contribution in [0.15, 0.2) is 0 Å². The van der Waals surface area contributed by atoms with E-state index in [1.807, 2.05) is 6.92 Å². The van der Waals surface area contributed by atoms with E-state index in [4.69, 9.17) is 0 Å². The lowest BCUT2D eigenvalue weighted by atomic mass is 9.71. The van der Waals surface area contributed by atoms with Crippen molar-refractivity contribution < 1.29 is 4.79 Å². The van der Waals surface area contributed by atoms with Crippen LogP contribution < -0.4 is 0 Å². The number of piperidine rings is 1. The molecule has 112 valence electrons. The number of hydrogen-bond donors (Lipinski definition) is 0. The van der Waals surface area contributed by atoms with Crippen molar-refractivity contribution in [2.75, 3.05) is 32.7 Å². The summed E-state index contributed by atoms with van der Waals surface area (Å²) in [6.07, 6.45) is 4.35. The Morgan fingerprint density at radius 2 is 1.85 bits per heavy atom. The molecule has 2 aliphatic heterocycles. The van der Waals surface area contributed by atoms with E-state index in [1.165, 1.54) is 12.8 Å². The summed E-state index contributed by atoms with van der Waals surface area (Å²) in [5.41, 5.74) is 0.428. The maximum absolute atomic E-state index is 12.1. The molecule has 1 unspecified atom stereocenters. The molecule has 1 atom stereocenters. The van der Waals surface area contributed by atoms with Crippen molar-refractivity contribution in [3.8, 4) is 11.8 Å². The third-order valence-electron chi connectivity index (χ3n) is 4.92. The van der Waals surface area contributed by atoms with Gasteiger partial charge in [0, 0.05) is 30.8 Å². The van der Waals surface area contributed by atoms with Crippen molar-refractivity contribution >= 4 is 5.91 Å². The van der Waals surface area contributed by atoms with Crippen LogP contribution in [-0.2, 0) is 4.79 Å². The average molecular weight is 276 g/mol. The summed E-state index contributed by atoms with van der Waals surface area (Å²) >= 11 is 0. The summed E-state index contributed by atoms with van der Waals surface area (Å²) in [5, 5.41) is 0. The van der Waals surface area contributed by atoms with Gasteiger partial charge in [-0.25, -0.2) is 0 Å². The molecule has 2 aliphatic rings. The van der Waals surface area contributed by atoms with Gasteiger partial charge in [-0.15, -0.1) is 5.92 Å². The van der Waals surface area contributed by atoms with Crippen LogP contribution in [0.4, 0.5) is 0 Å². The third kappa shape index (κ3) is 3.35. The van der Waals surface area contributed by atoms with E-state index in [-0.39, 0.29) is 5.92 Å². The van der Waals surface area contributed by atoms with Crippen molar-refractivity contribution in [3.05, 3.63) is 0 Å². The van der Waals surface area contributed by atoms with Gasteiger partial charge in [-0.3, -0.25) is 9.69 Å². The molecular formula is C17H28N2O. The topological polar surface area (TPSA) is 23.6 Å². The zero-order valence-corrected chi connectivity index (χ0v) is 13.2. The van der Waals surface area contributed by atoms with Gasteiger partial charge in [-0.1, -0.05) is 26.7 Å². The zero-order valence-electron chi connectivity index (χ0n) is 13.2. The summed E-state index contributed by atoms with van der Waals surface area (Å²) in [6, 6.07) is 0. The van der Waals surface area contributed by atoms with Crippen LogP contribution in [0.3, 0.4) is 0 Å². The number of rotatable bonds is 3. The highest BCUT2D eigenvalue weighted by atomic mass is 16.2. The molecule has 0 aliphatic carbocycles. The summed E-state index contributed by atoms with van der Waals surface area (Å²) in [4.78, 5) is 16.6. The monoisotopic (exact) mass is 276 g/mol. The quantitative estimate of drug-likeness (QED) is 0.739. The highest BCUT2D eigenvalue weighted by molar-refractivity contribution is 5.79. The molecule has 2 rings (SSSR count). The number of likely N-dealkylation sites (tertiary alicyclic amines) is 2. The number of carbonyl (C=O) groups is 1. The second-order valence-corrected chi connectivity index (χ2v) is 6.49. The Balaban J connectivity index is 1.74. The van der Waals surface area contributed by atoms with Crippen molar-refractivity contribution in [3.63, 3.8) is 0 Å². The minimum atomic E-state index is 0.191. The Kier molecular flexibility index (Phi) is 5.10. The molecule has 0 N–H and O–H groups in total. The molecule has 0 aromatic carbocycles. The van der Waals surface area contributed by atoms with Gasteiger partial charge in [-0.05, 0) is 32.4 Å². The Morgan fingerprint density at radius 1 is 1.20 bits per heavy atom. The van der Waals surface area contributed by atoms with E-state index in [0.29, 0.717) is 11.3 Å². The van der Waals surface area contributed by atoms with E-state index >= 15 is 0 Å². The zero-order chi connectivity index (χ0) is 14.6. The first kappa shape index (κ1) is 15.4. The molecule has 0 saturated carbocycles. The molecule has 0 aromatic rings. The normalized spacial score (nSPS) is 22.9. The smallest absolute Gasteiger partial charge is 0.225 e. The molecule has 1 amide bonds. The van der Waals surface area contributed by atoms with Gasteiger partial charge in [0.05, 0.1) is 6.54 Å². The summed E-state index contributed by atoms with van der Waals surface area (Å²) in [7, 11) is 0. The summed E-state index contributed by atoms with van der Waals surface area (Å²) in [5.74, 6) is 6.92. The van der Waals surface area contributed by atoms with Gasteiger partial charge in [0.1, 0.15) is 0 Å². The molecular weight excluding hydrogens is 248 g/mol. The Hall–Kier alpha value is -1.01. The van der Waals surface area contributed by atoms with E-state index in [1.54, 1.807) is 0 Å². The fourth-order valence-corrected chi connectivity index (χ4v) is 3.20. The SMILES string of the molecule is CCC#CCN1CCC2(CC1)CN(C(=O)C(C)CC)C2. The molecule has 1 spiro atoms. The second kappa shape index (κ2) is 6.63. The number of amides is 1. The molecule has 3 nitrogen and oxygen atoms in total. The van der Waals surface area contributed by atoms with Crippen LogP contribution in [0, 0.1) is 23.2 Å². The Labute approximate surface area is 123 Å². The van der Waals surface area contributed by atoms with Crippen molar-refractivity contribution in [1.29, 1.82) is 0 Å². The van der Waals surface area contributed by atoms with Crippen molar-refractivity contribution in [1.82, 2.24) is 9.80 Å². The van der Waals surface area contributed by atoms with E-state index in [0.717, 1.165) is 45.6 Å². The first-order valence-electron chi connectivity index (χ1n) is 8.07. The Morgan fingerprint density at radius 3 is 2.40 bits per heavy atom. The lowest BCUT2D eigenvalue weighted by molar-refractivity contribution is -0.150. The van der Waals surface area contributed by atoms with Gasteiger partial charge in [0.2, 0.25) is 5.91 Å². The second-order valence-electron chi connectivity index (χ2n) is 6.49. The number of nitrogens with zero attached hydrogens (tertiary/aromatic N) is 2. The average Bonchev–Trinajstić information content (AvgIpc) is 2.44. The lowest BCUT2D eigenvalue weighted by Crippen LogP contribution is -2.62. The highest BCUT2D eigenvalue weighted by Crippen LogP contribution is 2.40. The summed E-state index contributed by atoms with van der Waals surface area (Å²) < 4.78 is 0. The van der Waals surface area contributed by atoms with Crippen LogP contribution in [0.5, 0.6) is 0 Å². The van der Waals surface area contributed by atoms with Crippen LogP contribution in [0.1, 0.15) is 46.5 Å². The standard InChI is InChI=1S/C17H28N2O/c1-4-6-7-10-18-11-8-17(9-12-18)13-19(14-17)16(20)15(3)5-2/h15H,4-5,8-14H2,1-3H3. The lowest BCUT2D eigenvalue weighted by Gasteiger charge is -2.54. The minimum absolute atomic E-state index is 0.191. The maximum Gasteiger partial charge on any atom is 0.225 e. The predicted octanol–water partition coefficient (Wildman–Crippen LogP) is 2.37. The van der Waals surface area contributed by atoms with Crippen molar-refractivity contribution in [2.24, 2.45) is 11.3 Å². The fraction of sp³-hybridized carbons (Fsp3) is 0.824. The minimum Gasteiger partial charge on any atom is -0.341 e. The first-order valence-corrected chi connectivity index (χ1v) is 8.07. The fourth-order valence-electron chi connectivity index (χ4n) is 3.20. The van der Waals surface area contributed by atoms with Crippen LogP contribution in [-0.4, -0.2) is 48.4 Å². The molecule has 0 bridgehead atoms. The molecule has 20 heavy (non-hydrogen) atoms. The van der Waals surface area contributed by atoms with E-state index in [2.05, 4.69) is 35.5 Å². The Bertz CT molecular complexity index is 391. The molecule has 0 radical (unpaired) electrons. The molecule has 3 heteroatoms. The molecule has 2 fully saturated rings. The largest absolute Gasteiger partial charge is 0.341 e. The van der Waals surface area contributed by atoms with Crippen LogP contribution >= 0.6 is 0 Å². The number of carbonyl (C=O) groups excluding carboxylic acids is 1. The van der Waals surface area contributed by atoms with Gasteiger partial charge in [0.25, 0.3) is 0 Å². The molecule has 0 aromatic heterocycles. The highest BCUT2D eigenvalue weighted by Gasteiger charge is 2.46. The van der Waals surface area contributed by atoms with Gasteiger partial charge < -0.3 is 4.90 Å². The molecule has 2 heterocycles. The third-order valence-corrected chi connectivity index (χ3v) is 4.92. The maximum atomic E-state index is 12.1. The summed E-state index contributed by atoms with van der Waals surface area (Å²) in [6.45, 7) is 11.4. The van der Waals surface area contributed by atoms with Gasteiger partial charge in [0.15, 0.2) is 0 Å². The van der Waals surface area contributed by atoms with Crippen LogP contribution in [0.25, 0.3) is 0 Å². The van der Waals surface area contributed by atoms with Gasteiger partial charge >= 0.3 is 0 Å². The number of hydrogen-bond acceptors (Lipinski definition) is 2. The first-order chi connectivity index (χ1) is 9.60. The van der Waals surface area contributed by atoms with Crippen LogP contribution in [0.2, 0.25) is 0 Å². The predicted molar refractivity (Wildman–Crippen MR) is 82.2 cm³/mol. The van der Waals surface area contributed by atoms with Crippen molar-refractivity contribution in [2.45, 2.75) is 46.5 Å².